The molecule has 2 aromatic heterocycles. The monoisotopic (exact) mass is 248 g/mol. The molecule has 1 unspecified atom stereocenters. The van der Waals surface area contributed by atoms with E-state index in [0.717, 1.165) is 12.2 Å². The van der Waals surface area contributed by atoms with Crippen molar-refractivity contribution < 1.29 is 18.7 Å². The van der Waals surface area contributed by atoms with Gasteiger partial charge in [-0.3, -0.25) is 0 Å². The molecule has 3 rings (SSSR count). The van der Waals surface area contributed by atoms with Crippen molar-refractivity contribution in [3.8, 4) is 0 Å². The molecule has 3 N–H and O–H groups in total. The zero-order valence-corrected chi connectivity index (χ0v) is 9.47. The minimum Gasteiger partial charge on any atom is -0.475 e. The first-order valence-electron chi connectivity index (χ1n) is 5.61. The lowest BCUT2D eigenvalue weighted by Crippen LogP contribution is -2.34. The molecule has 1 aliphatic rings. The summed E-state index contributed by atoms with van der Waals surface area (Å²) in [6.07, 6.45) is 3.78. The van der Waals surface area contributed by atoms with Gasteiger partial charge in [0.25, 0.3) is 0 Å². The molecule has 2 aromatic rings. The van der Waals surface area contributed by atoms with Gasteiger partial charge in [-0.2, -0.15) is 0 Å². The van der Waals surface area contributed by atoms with Crippen LogP contribution in [0, 0.1) is 0 Å². The van der Waals surface area contributed by atoms with Crippen LogP contribution in [0.25, 0.3) is 0 Å². The Morgan fingerprint density at radius 1 is 1.50 bits per heavy atom. The van der Waals surface area contributed by atoms with Crippen LogP contribution in [0.1, 0.15) is 16.3 Å². The van der Waals surface area contributed by atoms with Crippen molar-refractivity contribution in [2.24, 2.45) is 0 Å². The summed E-state index contributed by atoms with van der Waals surface area (Å²) in [5.74, 6) is -0.247. The molecule has 0 saturated carbocycles. The van der Waals surface area contributed by atoms with Gasteiger partial charge in [0.15, 0.2) is 0 Å². The molecular weight excluding hydrogens is 236 g/mol. The van der Waals surface area contributed by atoms with E-state index in [-0.39, 0.29) is 11.8 Å². The Bertz CT molecular complexity index is 559. The second kappa shape index (κ2) is 4.14. The van der Waals surface area contributed by atoms with E-state index in [1.807, 2.05) is 12.1 Å². The molecule has 0 aromatic carbocycles. The van der Waals surface area contributed by atoms with Crippen LogP contribution >= 0.6 is 0 Å². The lowest BCUT2D eigenvalue weighted by atomic mass is 10.1. The molecule has 1 aliphatic heterocycles. The lowest BCUT2D eigenvalue weighted by Gasteiger charge is -2.25. The Kier molecular flexibility index (Phi) is 2.47. The Labute approximate surface area is 103 Å². The van der Waals surface area contributed by atoms with Gasteiger partial charge in [-0.1, -0.05) is 0 Å². The summed E-state index contributed by atoms with van der Waals surface area (Å²) in [6, 6.07) is 3.90. The van der Waals surface area contributed by atoms with Crippen LogP contribution in [0.3, 0.4) is 0 Å². The van der Waals surface area contributed by atoms with Crippen molar-refractivity contribution >= 4 is 17.3 Å². The van der Waals surface area contributed by atoms with Gasteiger partial charge in [-0.05, 0) is 12.1 Å². The number of furan rings is 2. The van der Waals surface area contributed by atoms with Crippen molar-refractivity contribution in [1.82, 2.24) is 0 Å². The van der Waals surface area contributed by atoms with Gasteiger partial charge in [-0.15, -0.1) is 0 Å². The number of rotatable bonds is 3. The van der Waals surface area contributed by atoms with E-state index < -0.39 is 5.97 Å². The Morgan fingerprint density at radius 2 is 2.39 bits per heavy atom. The first-order chi connectivity index (χ1) is 8.74. The molecule has 94 valence electrons. The van der Waals surface area contributed by atoms with Gasteiger partial charge in [-0.25, -0.2) is 4.79 Å². The fourth-order valence-corrected chi connectivity index (χ4v) is 2.09. The Hall–Kier alpha value is -2.37. The molecule has 6 nitrogen and oxygen atoms in total. The lowest BCUT2D eigenvalue weighted by molar-refractivity contribution is 0.0664. The van der Waals surface area contributed by atoms with Crippen LogP contribution in [-0.2, 0) is 6.42 Å². The number of aromatic carboxylic acids is 1. The zero-order valence-electron chi connectivity index (χ0n) is 9.47. The number of carboxylic acids is 1. The molecule has 0 saturated heterocycles. The SMILES string of the molecule is O=C(O)c1occ2c1NCC(Cc1ccco1)N2. The molecule has 0 aliphatic carbocycles. The van der Waals surface area contributed by atoms with Crippen LogP contribution in [0.5, 0.6) is 0 Å². The van der Waals surface area contributed by atoms with Crippen molar-refractivity contribution in [2.75, 3.05) is 17.2 Å². The second-order valence-electron chi connectivity index (χ2n) is 4.16. The molecule has 0 bridgehead atoms. The standard InChI is InChI=1S/C12H12N2O4/c15-12(16)11-10-9(6-18-11)14-7(5-13-10)4-8-2-1-3-17-8/h1-3,6-7,13-14H,4-5H2,(H,15,16). The number of carbonyl (C=O) groups is 1. The number of nitrogens with one attached hydrogen (secondary N) is 2. The summed E-state index contributed by atoms with van der Waals surface area (Å²) in [5, 5.41) is 15.2. The summed E-state index contributed by atoms with van der Waals surface area (Å²) in [5.41, 5.74) is 1.19. The first-order valence-corrected chi connectivity index (χ1v) is 5.61. The molecule has 0 amide bonds. The quantitative estimate of drug-likeness (QED) is 0.770. The zero-order chi connectivity index (χ0) is 12.5. The van der Waals surface area contributed by atoms with E-state index in [9.17, 15) is 4.79 Å². The average Bonchev–Trinajstić information content (AvgIpc) is 2.97. The summed E-state index contributed by atoms with van der Waals surface area (Å²) >= 11 is 0. The second-order valence-corrected chi connectivity index (χ2v) is 4.16. The number of fused-ring (bicyclic) bond motifs is 1. The highest BCUT2D eigenvalue weighted by Crippen LogP contribution is 2.32. The Morgan fingerprint density at radius 3 is 3.11 bits per heavy atom. The Balaban J connectivity index is 1.76. The molecule has 3 heterocycles. The topological polar surface area (TPSA) is 87.6 Å². The van der Waals surface area contributed by atoms with Crippen molar-refractivity contribution in [3.05, 3.63) is 36.2 Å². The molecule has 6 heteroatoms. The van der Waals surface area contributed by atoms with Gasteiger partial charge in [0.2, 0.25) is 5.76 Å². The highest BCUT2D eigenvalue weighted by Gasteiger charge is 2.26. The van der Waals surface area contributed by atoms with Crippen LogP contribution in [0.15, 0.2) is 33.5 Å². The largest absolute Gasteiger partial charge is 0.475 e. The van der Waals surface area contributed by atoms with Crippen molar-refractivity contribution in [2.45, 2.75) is 12.5 Å². The molecule has 0 spiro atoms. The summed E-state index contributed by atoms with van der Waals surface area (Å²) in [7, 11) is 0. The van der Waals surface area contributed by atoms with Crippen LogP contribution in [0.2, 0.25) is 0 Å². The van der Waals surface area contributed by atoms with Gasteiger partial charge in [0.1, 0.15) is 17.7 Å². The van der Waals surface area contributed by atoms with Crippen molar-refractivity contribution in [1.29, 1.82) is 0 Å². The van der Waals surface area contributed by atoms with Crippen LogP contribution in [0.4, 0.5) is 11.4 Å². The minimum absolute atomic E-state index is 0.0612. The third kappa shape index (κ3) is 1.81. The van der Waals surface area contributed by atoms with Gasteiger partial charge >= 0.3 is 5.97 Å². The van der Waals surface area contributed by atoms with E-state index in [1.54, 1.807) is 6.26 Å². The molecular formula is C12H12N2O4. The normalized spacial score (nSPS) is 17.7. The van der Waals surface area contributed by atoms with E-state index in [2.05, 4.69) is 10.6 Å². The molecule has 18 heavy (non-hydrogen) atoms. The van der Waals surface area contributed by atoms with E-state index >= 15 is 0 Å². The van der Waals surface area contributed by atoms with Crippen LogP contribution < -0.4 is 10.6 Å². The third-order valence-electron chi connectivity index (χ3n) is 2.90. The predicted octanol–water partition coefficient (Wildman–Crippen LogP) is 2.02. The third-order valence-corrected chi connectivity index (χ3v) is 2.90. The highest BCUT2D eigenvalue weighted by molar-refractivity contribution is 5.95. The maximum absolute atomic E-state index is 10.9. The van der Waals surface area contributed by atoms with Gasteiger partial charge < -0.3 is 24.6 Å². The highest BCUT2D eigenvalue weighted by atomic mass is 16.4. The maximum Gasteiger partial charge on any atom is 0.374 e. The first kappa shape index (κ1) is 10.8. The van der Waals surface area contributed by atoms with Crippen LogP contribution in [-0.4, -0.2) is 23.7 Å². The van der Waals surface area contributed by atoms with Crippen molar-refractivity contribution in [3.63, 3.8) is 0 Å². The molecule has 1 atom stereocenters. The number of hydrogen-bond donors (Lipinski definition) is 3. The van der Waals surface area contributed by atoms with Gasteiger partial charge in [0, 0.05) is 13.0 Å². The number of carboxylic acid groups (broad SMARTS) is 1. The number of hydrogen-bond acceptors (Lipinski definition) is 5. The summed E-state index contributed by atoms with van der Waals surface area (Å²) < 4.78 is 10.3. The van der Waals surface area contributed by atoms with Gasteiger partial charge in [0.05, 0.1) is 18.0 Å². The summed E-state index contributed by atoms with van der Waals surface area (Å²) in [6.45, 7) is 0.619. The predicted molar refractivity (Wildman–Crippen MR) is 64.0 cm³/mol. The summed E-state index contributed by atoms with van der Waals surface area (Å²) in [4.78, 5) is 10.9. The fraction of sp³-hybridized carbons (Fsp3) is 0.250. The van der Waals surface area contributed by atoms with E-state index in [4.69, 9.17) is 13.9 Å². The minimum atomic E-state index is -1.07. The fourth-order valence-electron chi connectivity index (χ4n) is 2.09. The molecule has 0 radical (unpaired) electrons. The van der Waals surface area contributed by atoms with E-state index in [0.29, 0.717) is 17.9 Å². The molecule has 0 fully saturated rings. The smallest absolute Gasteiger partial charge is 0.374 e. The van der Waals surface area contributed by atoms with E-state index in [1.165, 1.54) is 6.26 Å². The average molecular weight is 248 g/mol. The number of anilines is 2. The maximum atomic E-state index is 10.9.